The van der Waals surface area contributed by atoms with E-state index in [9.17, 15) is 4.79 Å². The Kier molecular flexibility index (Phi) is 4.94. The zero-order chi connectivity index (χ0) is 13.5. The molecule has 0 aliphatic carbocycles. The maximum absolute atomic E-state index is 9.98. The second-order valence-corrected chi connectivity index (χ2v) is 4.70. The summed E-state index contributed by atoms with van der Waals surface area (Å²) < 4.78 is 0.972. The van der Waals surface area contributed by atoms with Gasteiger partial charge in [0.15, 0.2) is 0 Å². The van der Waals surface area contributed by atoms with E-state index in [0.717, 1.165) is 11.1 Å². The molecule has 1 aromatic rings. The molecular weight excluding hydrogens is 244 g/mol. The van der Waals surface area contributed by atoms with Gasteiger partial charge in [0.1, 0.15) is 6.33 Å². The molecule has 19 heavy (non-hydrogen) atoms. The van der Waals surface area contributed by atoms with Crippen LogP contribution in [0.2, 0.25) is 0 Å². The molecule has 1 N–H and O–H groups in total. The Labute approximate surface area is 112 Å². The van der Waals surface area contributed by atoms with Gasteiger partial charge in [0.25, 0.3) is 0 Å². The SMILES string of the molecule is C1CCC2=NCCCN2CC1.O=C(O)n1ccnc1. The molecule has 0 bridgehead atoms. The Bertz CT molecular complexity index is 428. The zero-order valence-corrected chi connectivity index (χ0v) is 11.0. The second-order valence-electron chi connectivity index (χ2n) is 4.70. The lowest BCUT2D eigenvalue weighted by atomic mass is 10.2. The molecule has 0 saturated carbocycles. The smallest absolute Gasteiger partial charge is 0.416 e. The Morgan fingerprint density at radius 2 is 2.05 bits per heavy atom. The van der Waals surface area contributed by atoms with Crippen LogP contribution in [0.3, 0.4) is 0 Å². The van der Waals surface area contributed by atoms with Crippen molar-refractivity contribution in [2.75, 3.05) is 19.6 Å². The van der Waals surface area contributed by atoms with Crippen molar-refractivity contribution in [2.24, 2.45) is 4.99 Å². The first kappa shape index (κ1) is 13.6. The third-order valence-electron chi connectivity index (χ3n) is 3.30. The fraction of sp³-hybridized carbons (Fsp3) is 0.615. The van der Waals surface area contributed by atoms with Gasteiger partial charge in [0.05, 0.1) is 5.84 Å². The average Bonchev–Trinajstić information content (AvgIpc) is 2.85. The van der Waals surface area contributed by atoms with E-state index in [1.165, 1.54) is 69.8 Å². The van der Waals surface area contributed by atoms with Crippen molar-refractivity contribution >= 4 is 11.9 Å². The number of imidazole rings is 1. The van der Waals surface area contributed by atoms with Crippen molar-refractivity contribution in [1.29, 1.82) is 0 Å². The lowest BCUT2D eigenvalue weighted by Gasteiger charge is -2.27. The highest BCUT2D eigenvalue weighted by atomic mass is 16.4. The molecule has 1 saturated heterocycles. The Hall–Kier alpha value is -1.85. The van der Waals surface area contributed by atoms with E-state index in [1.807, 2.05) is 0 Å². The molecular formula is C13H20N4O2. The summed E-state index contributed by atoms with van der Waals surface area (Å²) in [6, 6.07) is 0. The largest absolute Gasteiger partial charge is 0.464 e. The molecule has 2 aliphatic heterocycles. The molecule has 0 radical (unpaired) electrons. The minimum absolute atomic E-state index is 0.972. The van der Waals surface area contributed by atoms with Gasteiger partial charge in [0.2, 0.25) is 0 Å². The van der Waals surface area contributed by atoms with Crippen LogP contribution in [0.5, 0.6) is 0 Å². The molecule has 3 heterocycles. The van der Waals surface area contributed by atoms with Gasteiger partial charge in [-0.25, -0.2) is 14.3 Å². The van der Waals surface area contributed by atoms with E-state index in [2.05, 4.69) is 14.9 Å². The summed E-state index contributed by atoms with van der Waals surface area (Å²) in [5.74, 6) is 1.40. The van der Waals surface area contributed by atoms with Gasteiger partial charge in [-0.15, -0.1) is 0 Å². The summed E-state index contributed by atoms with van der Waals surface area (Å²) in [7, 11) is 0. The number of carboxylic acid groups (broad SMARTS) is 1. The molecule has 1 aromatic heterocycles. The summed E-state index contributed by atoms with van der Waals surface area (Å²) in [5.41, 5.74) is 0. The first-order chi connectivity index (χ1) is 9.27. The number of fused-ring (bicyclic) bond motifs is 1. The van der Waals surface area contributed by atoms with E-state index in [4.69, 9.17) is 5.11 Å². The van der Waals surface area contributed by atoms with Gasteiger partial charge in [-0.1, -0.05) is 6.42 Å². The third kappa shape index (κ3) is 4.08. The monoisotopic (exact) mass is 264 g/mol. The molecule has 0 spiro atoms. The van der Waals surface area contributed by atoms with E-state index >= 15 is 0 Å². The van der Waals surface area contributed by atoms with Crippen molar-refractivity contribution in [2.45, 2.75) is 32.1 Å². The van der Waals surface area contributed by atoms with Gasteiger partial charge < -0.3 is 10.0 Å². The highest BCUT2D eigenvalue weighted by Crippen LogP contribution is 2.15. The number of hydrogen-bond donors (Lipinski definition) is 1. The standard InChI is InChI=1S/C9H16N2.C4H4N2O2/c1-2-5-9-10-6-4-8-11(9)7-3-1;7-4(8)6-2-1-5-3-6/h1-8H2;1-3H,(H,7,8). The Morgan fingerprint density at radius 1 is 1.21 bits per heavy atom. The Balaban J connectivity index is 0.000000148. The predicted molar refractivity (Wildman–Crippen MR) is 72.6 cm³/mol. The van der Waals surface area contributed by atoms with Crippen molar-refractivity contribution in [3.05, 3.63) is 18.7 Å². The third-order valence-corrected chi connectivity index (χ3v) is 3.30. The molecule has 104 valence electrons. The van der Waals surface area contributed by atoms with Crippen LogP contribution < -0.4 is 0 Å². The summed E-state index contributed by atoms with van der Waals surface area (Å²) in [4.78, 5) is 20.5. The van der Waals surface area contributed by atoms with Gasteiger partial charge in [0, 0.05) is 38.4 Å². The zero-order valence-electron chi connectivity index (χ0n) is 11.0. The quantitative estimate of drug-likeness (QED) is 0.778. The normalized spacial score (nSPS) is 18.5. The predicted octanol–water partition coefficient (Wildman–Crippen LogP) is 2.07. The van der Waals surface area contributed by atoms with E-state index < -0.39 is 6.09 Å². The number of aliphatic imine (C=N–C) groups is 1. The van der Waals surface area contributed by atoms with Crippen LogP contribution in [0, 0.1) is 0 Å². The van der Waals surface area contributed by atoms with E-state index in [1.54, 1.807) is 0 Å². The van der Waals surface area contributed by atoms with Crippen molar-refractivity contribution in [3.8, 4) is 0 Å². The number of amidine groups is 1. The maximum Gasteiger partial charge on any atom is 0.416 e. The number of carbonyl (C=O) groups is 1. The highest BCUT2D eigenvalue weighted by Gasteiger charge is 2.16. The Morgan fingerprint density at radius 3 is 2.74 bits per heavy atom. The molecule has 3 rings (SSSR count). The number of hydrogen-bond acceptors (Lipinski definition) is 4. The van der Waals surface area contributed by atoms with Crippen molar-refractivity contribution in [3.63, 3.8) is 0 Å². The van der Waals surface area contributed by atoms with E-state index in [0.29, 0.717) is 0 Å². The topological polar surface area (TPSA) is 70.7 Å². The van der Waals surface area contributed by atoms with Gasteiger partial charge >= 0.3 is 6.09 Å². The lowest BCUT2D eigenvalue weighted by molar-refractivity contribution is 0.196. The summed E-state index contributed by atoms with van der Waals surface area (Å²) in [6.07, 6.45) is 9.62. The highest BCUT2D eigenvalue weighted by molar-refractivity contribution is 5.83. The number of aromatic nitrogens is 2. The molecule has 0 aromatic carbocycles. The minimum Gasteiger partial charge on any atom is -0.464 e. The van der Waals surface area contributed by atoms with Crippen LogP contribution >= 0.6 is 0 Å². The molecule has 1 fully saturated rings. The van der Waals surface area contributed by atoms with Gasteiger partial charge in [-0.05, 0) is 19.3 Å². The maximum atomic E-state index is 9.98. The van der Waals surface area contributed by atoms with Crippen LogP contribution in [0.1, 0.15) is 32.1 Å². The van der Waals surface area contributed by atoms with Crippen LogP contribution in [0.15, 0.2) is 23.7 Å². The fourth-order valence-electron chi connectivity index (χ4n) is 2.31. The van der Waals surface area contributed by atoms with Crippen LogP contribution in [0.4, 0.5) is 4.79 Å². The van der Waals surface area contributed by atoms with Gasteiger partial charge in [-0.3, -0.25) is 4.99 Å². The first-order valence-electron chi connectivity index (χ1n) is 6.77. The van der Waals surface area contributed by atoms with E-state index in [-0.39, 0.29) is 0 Å². The van der Waals surface area contributed by atoms with Gasteiger partial charge in [-0.2, -0.15) is 0 Å². The molecule has 6 nitrogen and oxygen atoms in total. The van der Waals surface area contributed by atoms with Crippen LogP contribution in [-0.4, -0.2) is 51.1 Å². The van der Waals surface area contributed by atoms with Crippen LogP contribution in [-0.2, 0) is 0 Å². The molecule has 0 atom stereocenters. The second kappa shape index (κ2) is 6.92. The average molecular weight is 264 g/mol. The van der Waals surface area contributed by atoms with Crippen LogP contribution in [0.25, 0.3) is 0 Å². The first-order valence-corrected chi connectivity index (χ1v) is 6.77. The fourth-order valence-corrected chi connectivity index (χ4v) is 2.31. The molecule has 2 aliphatic rings. The summed E-state index contributed by atoms with van der Waals surface area (Å²) in [5, 5.41) is 8.20. The lowest BCUT2D eigenvalue weighted by Crippen LogP contribution is -2.34. The van der Waals surface area contributed by atoms with Crippen molar-refractivity contribution < 1.29 is 9.90 Å². The molecule has 0 unspecified atom stereocenters. The van der Waals surface area contributed by atoms with Crippen molar-refractivity contribution in [1.82, 2.24) is 14.5 Å². The minimum atomic E-state index is -1.01. The number of rotatable bonds is 0. The molecule has 0 amide bonds. The summed E-state index contributed by atoms with van der Waals surface area (Å²) in [6.45, 7) is 3.60. The summed E-state index contributed by atoms with van der Waals surface area (Å²) >= 11 is 0. The number of nitrogens with zero attached hydrogens (tertiary/aromatic N) is 4. The molecule has 6 heteroatoms.